The predicted octanol–water partition coefficient (Wildman–Crippen LogP) is 1.91. The van der Waals surface area contributed by atoms with Crippen LogP contribution < -0.4 is 5.32 Å². The summed E-state index contributed by atoms with van der Waals surface area (Å²) in [6.45, 7) is 4.95. The van der Waals surface area contributed by atoms with Crippen LogP contribution in [-0.2, 0) is 4.79 Å². The van der Waals surface area contributed by atoms with Crippen molar-refractivity contribution in [2.24, 2.45) is 0 Å². The fourth-order valence-electron chi connectivity index (χ4n) is 1.99. The Hall–Kier alpha value is -1.46. The van der Waals surface area contributed by atoms with Crippen LogP contribution in [0.3, 0.4) is 0 Å². The Morgan fingerprint density at radius 2 is 1.95 bits per heavy atom. The average Bonchev–Trinajstić information content (AvgIpc) is 2.38. The van der Waals surface area contributed by atoms with Gasteiger partial charge in [0.15, 0.2) is 0 Å². The molecule has 3 atom stereocenters. The molecular formula is C15H22FNO3. The smallest absolute Gasteiger partial charge is 0.251 e. The highest BCUT2D eigenvalue weighted by Gasteiger charge is 2.31. The molecule has 4 nitrogen and oxygen atoms in total. The third-order valence-electron chi connectivity index (χ3n) is 3.27. The number of nitrogens with one attached hydrogen (secondary N) is 1. The van der Waals surface area contributed by atoms with Crippen molar-refractivity contribution < 1.29 is 19.4 Å². The quantitative estimate of drug-likeness (QED) is 0.747. The monoisotopic (exact) mass is 283 g/mol. The predicted molar refractivity (Wildman–Crippen MR) is 74.5 cm³/mol. The van der Waals surface area contributed by atoms with E-state index in [1.807, 2.05) is 6.92 Å². The Morgan fingerprint density at radius 1 is 1.40 bits per heavy atom. The number of benzene rings is 1. The van der Waals surface area contributed by atoms with Crippen LogP contribution in [0.25, 0.3) is 0 Å². The minimum Gasteiger partial charge on any atom is -0.386 e. The van der Waals surface area contributed by atoms with Crippen LogP contribution in [0.1, 0.15) is 45.3 Å². The van der Waals surface area contributed by atoms with Gasteiger partial charge in [0.1, 0.15) is 11.4 Å². The molecule has 20 heavy (non-hydrogen) atoms. The van der Waals surface area contributed by atoms with Gasteiger partial charge in [0.05, 0.1) is 12.1 Å². The SMILES string of the molecule is CCCC(C)(O)C(=O)NC(C)C(O)c1ccc(F)cc1. The fraction of sp³-hybridized carbons (Fsp3) is 0.533. The highest BCUT2D eigenvalue weighted by molar-refractivity contribution is 5.84. The first kappa shape index (κ1) is 16.6. The van der Waals surface area contributed by atoms with Crippen LogP contribution in [0.2, 0.25) is 0 Å². The van der Waals surface area contributed by atoms with Gasteiger partial charge in [-0.25, -0.2) is 4.39 Å². The van der Waals surface area contributed by atoms with Crippen LogP contribution >= 0.6 is 0 Å². The Kier molecular flexibility index (Phi) is 5.65. The molecule has 5 heteroatoms. The van der Waals surface area contributed by atoms with Crippen LogP contribution in [0.4, 0.5) is 4.39 Å². The van der Waals surface area contributed by atoms with Crippen molar-refractivity contribution in [2.75, 3.05) is 0 Å². The zero-order valence-corrected chi connectivity index (χ0v) is 12.1. The molecule has 0 fully saturated rings. The molecule has 0 saturated carbocycles. The van der Waals surface area contributed by atoms with E-state index in [9.17, 15) is 19.4 Å². The van der Waals surface area contributed by atoms with Gasteiger partial charge in [-0.2, -0.15) is 0 Å². The first-order chi connectivity index (χ1) is 9.27. The molecule has 0 aliphatic heterocycles. The van der Waals surface area contributed by atoms with Crippen molar-refractivity contribution in [3.63, 3.8) is 0 Å². The molecule has 0 aromatic heterocycles. The second-order valence-electron chi connectivity index (χ2n) is 5.28. The fourth-order valence-corrected chi connectivity index (χ4v) is 1.99. The molecule has 112 valence electrons. The zero-order valence-electron chi connectivity index (χ0n) is 12.1. The number of hydrogen-bond acceptors (Lipinski definition) is 3. The molecule has 0 aliphatic carbocycles. The van der Waals surface area contributed by atoms with Gasteiger partial charge >= 0.3 is 0 Å². The lowest BCUT2D eigenvalue weighted by atomic mass is 9.97. The normalized spacial score (nSPS) is 17.1. The summed E-state index contributed by atoms with van der Waals surface area (Å²) in [5.74, 6) is -0.906. The molecular weight excluding hydrogens is 261 g/mol. The van der Waals surface area contributed by atoms with Crippen molar-refractivity contribution in [3.05, 3.63) is 35.6 Å². The topological polar surface area (TPSA) is 69.6 Å². The lowest BCUT2D eigenvalue weighted by Crippen LogP contribution is -2.49. The third kappa shape index (κ3) is 4.28. The molecule has 0 saturated heterocycles. The summed E-state index contributed by atoms with van der Waals surface area (Å²) >= 11 is 0. The van der Waals surface area contributed by atoms with Crippen molar-refractivity contribution >= 4 is 5.91 Å². The van der Waals surface area contributed by atoms with Gasteiger partial charge in [-0.1, -0.05) is 25.5 Å². The van der Waals surface area contributed by atoms with Crippen LogP contribution in [0.15, 0.2) is 24.3 Å². The largest absolute Gasteiger partial charge is 0.386 e. The number of amides is 1. The molecule has 0 heterocycles. The van der Waals surface area contributed by atoms with Gasteiger partial charge in [0.2, 0.25) is 0 Å². The van der Waals surface area contributed by atoms with Crippen LogP contribution in [0.5, 0.6) is 0 Å². The average molecular weight is 283 g/mol. The number of carbonyl (C=O) groups excluding carboxylic acids is 1. The molecule has 1 aromatic carbocycles. The van der Waals surface area contributed by atoms with Gasteiger partial charge in [-0.15, -0.1) is 0 Å². The van der Waals surface area contributed by atoms with E-state index < -0.39 is 23.7 Å². The highest BCUT2D eigenvalue weighted by Crippen LogP contribution is 2.19. The maximum Gasteiger partial charge on any atom is 0.251 e. The lowest BCUT2D eigenvalue weighted by molar-refractivity contribution is -0.140. The van der Waals surface area contributed by atoms with Crippen LogP contribution in [0, 0.1) is 5.82 Å². The summed E-state index contributed by atoms with van der Waals surface area (Å²) in [6.07, 6.45) is 0.0602. The van der Waals surface area contributed by atoms with Gasteiger partial charge in [-0.3, -0.25) is 4.79 Å². The van der Waals surface area contributed by atoms with E-state index in [1.54, 1.807) is 6.92 Å². The number of carbonyl (C=O) groups is 1. The summed E-state index contributed by atoms with van der Waals surface area (Å²) in [7, 11) is 0. The minimum absolute atomic E-state index is 0.345. The number of hydrogen-bond donors (Lipinski definition) is 3. The van der Waals surface area contributed by atoms with E-state index in [2.05, 4.69) is 5.32 Å². The Labute approximate surface area is 118 Å². The second kappa shape index (κ2) is 6.81. The summed E-state index contributed by atoms with van der Waals surface area (Å²) in [5, 5.41) is 22.7. The summed E-state index contributed by atoms with van der Waals surface area (Å²) in [5.41, 5.74) is -0.944. The van der Waals surface area contributed by atoms with Crippen molar-refractivity contribution in [1.29, 1.82) is 0 Å². The maximum atomic E-state index is 12.8. The molecule has 1 rings (SSSR count). The molecule has 3 N–H and O–H groups in total. The summed E-state index contributed by atoms with van der Waals surface area (Å²) in [6, 6.07) is 4.84. The molecule has 0 spiro atoms. The van der Waals surface area contributed by atoms with Crippen molar-refractivity contribution in [3.8, 4) is 0 Å². The van der Waals surface area contributed by atoms with E-state index >= 15 is 0 Å². The highest BCUT2D eigenvalue weighted by atomic mass is 19.1. The summed E-state index contributed by atoms with van der Waals surface area (Å²) in [4.78, 5) is 11.9. The van der Waals surface area contributed by atoms with Crippen molar-refractivity contribution in [2.45, 2.75) is 51.4 Å². The molecule has 0 radical (unpaired) electrons. The number of halogens is 1. The van der Waals surface area contributed by atoms with Gasteiger partial charge in [-0.05, 0) is 38.0 Å². The van der Waals surface area contributed by atoms with Gasteiger partial charge in [0.25, 0.3) is 5.91 Å². The molecule has 0 aliphatic rings. The lowest BCUT2D eigenvalue weighted by Gasteiger charge is -2.27. The van der Waals surface area contributed by atoms with E-state index in [1.165, 1.54) is 31.2 Å². The molecule has 3 unspecified atom stereocenters. The van der Waals surface area contributed by atoms with Gasteiger partial charge in [0, 0.05) is 0 Å². The van der Waals surface area contributed by atoms with E-state index in [0.717, 1.165) is 0 Å². The number of aliphatic hydroxyl groups excluding tert-OH is 1. The standard InChI is InChI=1S/C15H22FNO3/c1-4-9-15(3,20)14(19)17-10(2)13(18)11-5-7-12(16)8-6-11/h5-8,10,13,18,20H,4,9H2,1-3H3,(H,17,19). The number of rotatable bonds is 6. The van der Waals surface area contributed by atoms with E-state index in [4.69, 9.17) is 0 Å². The first-order valence-corrected chi connectivity index (χ1v) is 6.74. The molecule has 1 amide bonds. The second-order valence-corrected chi connectivity index (χ2v) is 5.28. The first-order valence-electron chi connectivity index (χ1n) is 6.74. The Morgan fingerprint density at radius 3 is 2.45 bits per heavy atom. The number of aliphatic hydroxyl groups is 2. The van der Waals surface area contributed by atoms with Gasteiger partial charge < -0.3 is 15.5 Å². The molecule has 0 bridgehead atoms. The van der Waals surface area contributed by atoms with E-state index in [-0.39, 0.29) is 5.82 Å². The third-order valence-corrected chi connectivity index (χ3v) is 3.27. The zero-order chi connectivity index (χ0) is 15.3. The van der Waals surface area contributed by atoms with Crippen molar-refractivity contribution in [1.82, 2.24) is 5.32 Å². The maximum absolute atomic E-state index is 12.8. The minimum atomic E-state index is -1.45. The van der Waals surface area contributed by atoms with Crippen LogP contribution in [-0.4, -0.2) is 27.8 Å². The van der Waals surface area contributed by atoms with E-state index in [0.29, 0.717) is 18.4 Å². The molecule has 1 aromatic rings. The Balaban J connectivity index is 2.68. The Bertz CT molecular complexity index is 445. The summed E-state index contributed by atoms with van der Waals surface area (Å²) < 4.78 is 12.8.